The Morgan fingerprint density at radius 3 is 2.48 bits per heavy atom. The Morgan fingerprint density at radius 1 is 1.20 bits per heavy atom. The zero-order valence-electron chi connectivity index (χ0n) is 24.3. The van der Waals surface area contributed by atoms with E-state index >= 15 is 0 Å². The average Bonchev–Trinajstić information content (AvgIpc) is 3.35. The maximum Gasteiger partial charge on any atom is 0.411 e. The Kier molecular flexibility index (Phi) is 12.1. The maximum absolute atomic E-state index is 13.1. The lowest BCUT2D eigenvalue weighted by molar-refractivity contribution is -0.137. The number of rotatable bonds is 10. The van der Waals surface area contributed by atoms with Crippen LogP contribution in [0, 0.1) is 17.8 Å². The van der Waals surface area contributed by atoms with Gasteiger partial charge in [0.25, 0.3) is 5.91 Å². The molecule has 2 atom stereocenters. The first kappa shape index (κ1) is 32.3. The minimum Gasteiger partial charge on any atom is -0.458 e. The summed E-state index contributed by atoms with van der Waals surface area (Å²) in [5, 5.41) is 5.04. The highest BCUT2D eigenvalue weighted by Gasteiger charge is 2.26. The third-order valence-corrected chi connectivity index (χ3v) is 6.27. The number of esters is 1. The molecule has 1 aromatic heterocycles. The number of hydrogen-bond donors (Lipinski definition) is 1. The van der Waals surface area contributed by atoms with Gasteiger partial charge in [-0.25, -0.2) is 14.6 Å². The van der Waals surface area contributed by atoms with Crippen molar-refractivity contribution in [3.05, 3.63) is 76.3 Å². The highest BCUT2D eigenvalue weighted by molar-refractivity contribution is 7.10. The second-order valence-corrected chi connectivity index (χ2v) is 11.5. The van der Waals surface area contributed by atoms with Gasteiger partial charge in [0.2, 0.25) is 0 Å². The molecule has 0 saturated heterocycles. The number of carbonyl (C=O) groups is 3. The number of carbonyl (C=O) groups excluding carboxylic acids is 3. The van der Waals surface area contributed by atoms with Gasteiger partial charge >= 0.3 is 12.1 Å². The van der Waals surface area contributed by atoms with Crippen LogP contribution in [0.1, 0.15) is 62.6 Å². The van der Waals surface area contributed by atoms with Gasteiger partial charge in [-0.3, -0.25) is 9.69 Å². The summed E-state index contributed by atoms with van der Waals surface area (Å²) in [6.07, 6.45) is 3.20. The summed E-state index contributed by atoms with van der Waals surface area (Å²) in [6.45, 7) is 14.7. The Morgan fingerprint density at radius 2 is 1.88 bits per heavy atom. The summed E-state index contributed by atoms with van der Waals surface area (Å²) in [6, 6.07) is 8.77. The van der Waals surface area contributed by atoms with Gasteiger partial charge in [-0.15, -0.1) is 11.3 Å². The SMILES string of the molecule is C=CCOC(=O)C(C)=C[C@H](Cc1ccccc1)NC(=O)c1csc(C#C[C@H](C(C)C)N(C)C(=O)OC(C)(C)C)n1. The lowest BCUT2D eigenvalue weighted by atomic mass is 10.0. The number of ether oxygens (including phenoxy) is 2. The van der Waals surface area contributed by atoms with Crippen LogP contribution >= 0.6 is 11.3 Å². The molecular weight excluding hydrogens is 526 g/mol. The fourth-order valence-corrected chi connectivity index (χ4v) is 4.26. The van der Waals surface area contributed by atoms with Crippen molar-refractivity contribution in [1.82, 2.24) is 15.2 Å². The number of amides is 2. The first-order chi connectivity index (χ1) is 18.8. The molecule has 8 nitrogen and oxygen atoms in total. The normalized spacial score (nSPS) is 12.9. The molecule has 1 heterocycles. The molecule has 1 N–H and O–H groups in total. The van der Waals surface area contributed by atoms with Crippen molar-refractivity contribution in [2.45, 2.75) is 65.6 Å². The van der Waals surface area contributed by atoms with Gasteiger partial charge in [0.1, 0.15) is 17.9 Å². The van der Waals surface area contributed by atoms with E-state index in [4.69, 9.17) is 9.47 Å². The van der Waals surface area contributed by atoms with E-state index in [9.17, 15) is 14.4 Å². The van der Waals surface area contributed by atoms with E-state index in [1.807, 2.05) is 65.0 Å². The quantitative estimate of drug-likeness (QED) is 0.179. The molecule has 0 unspecified atom stereocenters. The van der Waals surface area contributed by atoms with Crippen LogP contribution in [0.2, 0.25) is 0 Å². The summed E-state index contributed by atoms with van der Waals surface area (Å²) >= 11 is 1.24. The molecular formula is C31H39N3O5S. The number of benzene rings is 1. The van der Waals surface area contributed by atoms with Crippen LogP contribution in [0.25, 0.3) is 0 Å². The minimum absolute atomic E-state index is 0.0414. The lowest BCUT2D eigenvalue weighted by Gasteiger charge is -2.30. The van der Waals surface area contributed by atoms with Crippen molar-refractivity contribution in [2.24, 2.45) is 5.92 Å². The predicted octanol–water partition coefficient (Wildman–Crippen LogP) is 5.40. The van der Waals surface area contributed by atoms with Crippen molar-refractivity contribution in [3.8, 4) is 11.8 Å². The number of nitrogens with one attached hydrogen (secondary N) is 1. The minimum atomic E-state index is -0.615. The number of hydrogen-bond acceptors (Lipinski definition) is 7. The van der Waals surface area contributed by atoms with Crippen LogP contribution in [0.15, 0.2) is 60.0 Å². The van der Waals surface area contributed by atoms with Gasteiger partial charge in [-0.1, -0.05) is 68.8 Å². The zero-order valence-corrected chi connectivity index (χ0v) is 25.1. The van der Waals surface area contributed by atoms with Crippen molar-refractivity contribution < 1.29 is 23.9 Å². The third-order valence-electron chi connectivity index (χ3n) is 5.51. The molecule has 0 spiro atoms. The van der Waals surface area contributed by atoms with Crippen molar-refractivity contribution >= 4 is 29.3 Å². The van der Waals surface area contributed by atoms with Gasteiger partial charge in [-0.05, 0) is 51.5 Å². The van der Waals surface area contributed by atoms with Crippen LogP contribution in [-0.4, -0.2) is 59.2 Å². The molecule has 2 amide bonds. The van der Waals surface area contributed by atoms with E-state index in [0.717, 1.165) is 5.56 Å². The molecule has 9 heteroatoms. The van der Waals surface area contributed by atoms with Crippen LogP contribution in [0.5, 0.6) is 0 Å². The molecule has 0 bridgehead atoms. The van der Waals surface area contributed by atoms with Crippen LogP contribution in [0.4, 0.5) is 4.79 Å². The van der Waals surface area contributed by atoms with Crippen molar-refractivity contribution in [3.63, 3.8) is 0 Å². The Labute approximate surface area is 241 Å². The zero-order chi connectivity index (χ0) is 29.9. The Balaban J connectivity index is 2.20. The molecule has 1 aromatic carbocycles. The summed E-state index contributed by atoms with van der Waals surface area (Å²) < 4.78 is 10.6. The number of aromatic nitrogens is 1. The van der Waals surface area contributed by atoms with Crippen LogP contribution in [-0.2, 0) is 20.7 Å². The molecule has 2 rings (SSSR count). The summed E-state index contributed by atoms with van der Waals surface area (Å²) in [5.41, 5.74) is 0.974. The van der Waals surface area contributed by atoms with Gasteiger partial charge in [0, 0.05) is 18.0 Å². The fraction of sp³-hybridized carbons (Fsp3) is 0.419. The Bertz CT molecular complexity index is 1270. The number of nitrogens with zero attached hydrogens (tertiary/aromatic N) is 2. The first-order valence-electron chi connectivity index (χ1n) is 13.0. The standard InChI is InChI=1S/C31H39N3O5S/c1-9-17-38-29(36)22(4)18-24(19-23-13-11-10-12-14-23)32-28(35)25-20-40-27(33-25)16-15-26(21(2)3)34(8)30(37)39-31(5,6)7/h9-14,18,20-21,24,26H,1,17,19H2,2-8H3,(H,32,35)/t24-,26-/m1/s1. The highest BCUT2D eigenvalue weighted by Crippen LogP contribution is 2.16. The maximum atomic E-state index is 13.1. The molecule has 0 radical (unpaired) electrons. The van der Waals surface area contributed by atoms with E-state index in [2.05, 4.69) is 28.7 Å². The largest absolute Gasteiger partial charge is 0.458 e. The summed E-state index contributed by atoms with van der Waals surface area (Å²) in [7, 11) is 1.66. The summed E-state index contributed by atoms with van der Waals surface area (Å²) in [4.78, 5) is 43.8. The summed E-state index contributed by atoms with van der Waals surface area (Å²) in [5.74, 6) is 5.29. The molecule has 0 aliphatic carbocycles. The molecule has 40 heavy (non-hydrogen) atoms. The van der Waals surface area contributed by atoms with Crippen LogP contribution < -0.4 is 5.32 Å². The van der Waals surface area contributed by atoms with E-state index in [-0.39, 0.29) is 24.1 Å². The van der Waals surface area contributed by atoms with Gasteiger partial charge in [0.05, 0.1) is 12.1 Å². The van der Waals surface area contributed by atoms with Crippen molar-refractivity contribution in [1.29, 1.82) is 0 Å². The number of thiazole rings is 1. The van der Waals surface area contributed by atoms with Gasteiger partial charge < -0.3 is 14.8 Å². The monoisotopic (exact) mass is 565 g/mol. The van der Waals surface area contributed by atoms with E-state index in [1.165, 1.54) is 22.3 Å². The van der Waals surface area contributed by atoms with Gasteiger partial charge in [0.15, 0.2) is 5.01 Å². The van der Waals surface area contributed by atoms with E-state index in [0.29, 0.717) is 17.0 Å². The highest BCUT2D eigenvalue weighted by atomic mass is 32.1. The smallest absolute Gasteiger partial charge is 0.411 e. The molecule has 0 aliphatic heterocycles. The van der Waals surface area contributed by atoms with E-state index in [1.54, 1.807) is 25.4 Å². The predicted molar refractivity (Wildman–Crippen MR) is 158 cm³/mol. The topological polar surface area (TPSA) is 97.8 Å². The molecule has 214 valence electrons. The molecule has 0 fully saturated rings. The molecule has 0 aliphatic rings. The van der Waals surface area contributed by atoms with Crippen LogP contribution in [0.3, 0.4) is 0 Å². The fourth-order valence-electron chi connectivity index (χ4n) is 3.61. The Hall–Kier alpha value is -3.90. The van der Waals surface area contributed by atoms with Crippen molar-refractivity contribution in [2.75, 3.05) is 13.7 Å². The average molecular weight is 566 g/mol. The van der Waals surface area contributed by atoms with E-state index < -0.39 is 29.7 Å². The molecule has 0 saturated carbocycles. The second kappa shape index (κ2) is 15.0. The van der Waals surface area contributed by atoms with Gasteiger partial charge in [-0.2, -0.15) is 0 Å². The second-order valence-electron chi connectivity index (χ2n) is 10.6. The first-order valence-corrected chi connectivity index (χ1v) is 13.9. The molecule has 2 aromatic rings. The lowest BCUT2D eigenvalue weighted by Crippen LogP contribution is -2.42. The third kappa shape index (κ3) is 10.7.